The van der Waals surface area contributed by atoms with Crippen LogP contribution >= 0.6 is 0 Å². The first-order chi connectivity index (χ1) is 47.1. The predicted octanol–water partition coefficient (Wildman–Crippen LogP) is 15.2. The molecule has 1 aliphatic heterocycles. The summed E-state index contributed by atoms with van der Waals surface area (Å²) in [7, 11) is 0. The van der Waals surface area contributed by atoms with Crippen LogP contribution in [0.5, 0.6) is 86.2 Å². The van der Waals surface area contributed by atoms with Crippen molar-refractivity contribution in [3.63, 3.8) is 0 Å². The Morgan fingerprint density at radius 2 is 1.20 bits per heavy atom. The Kier molecular flexibility index (Phi) is 16.8. The third-order valence-corrected chi connectivity index (χ3v) is 19.7. The maximum Gasteiger partial charge on any atom is 0.200 e. The average Bonchev–Trinajstić information content (AvgIpc) is 1.25. The van der Waals surface area contributed by atoms with E-state index in [1.54, 1.807) is 50.3 Å². The largest absolute Gasteiger partial charge is 0.508 e. The Labute approximate surface area is 565 Å². The van der Waals surface area contributed by atoms with Gasteiger partial charge < -0.3 is 85.1 Å². The number of carbonyl (C=O) groups is 2. The van der Waals surface area contributed by atoms with Crippen molar-refractivity contribution in [2.24, 2.45) is 11.8 Å². The van der Waals surface area contributed by atoms with Crippen molar-refractivity contribution >= 4 is 33.5 Å². The molecule has 0 amide bonds. The Bertz CT molecular complexity index is 5140. The van der Waals surface area contributed by atoms with Gasteiger partial charge in [0.1, 0.15) is 120 Å². The maximum absolute atomic E-state index is 15.6. The number of phenolic OH excluding ortho intramolecular Hbond substituents is 14. The van der Waals surface area contributed by atoms with Gasteiger partial charge in [-0.25, -0.2) is 0 Å². The van der Waals surface area contributed by atoms with Crippen LogP contribution in [0.15, 0.2) is 176 Å². The molecule has 6 unspecified atom stereocenters. The highest BCUT2D eigenvalue weighted by molar-refractivity contribution is 6.03. The smallest absolute Gasteiger partial charge is 0.200 e. The lowest BCUT2D eigenvalue weighted by molar-refractivity contribution is 0.0828. The number of Topliss-reactive ketones (excluding diaryl/α,β-unsaturated/α-hetero) is 2. The lowest BCUT2D eigenvalue weighted by atomic mass is 9.64. The minimum atomic E-state index is -1.31. The molecule has 0 saturated carbocycles. The number of carbonyl (C=O) groups excluding carboxylic acids is 2. The third-order valence-electron chi connectivity index (χ3n) is 19.7. The van der Waals surface area contributed by atoms with Crippen LogP contribution in [0.2, 0.25) is 0 Å². The Balaban J connectivity index is 0.902. The van der Waals surface area contributed by atoms with Gasteiger partial charge in [0.25, 0.3) is 0 Å². The van der Waals surface area contributed by atoms with Crippen molar-refractivity contribution in [3.8, 4) is 109 Å². The number of benzene rings is 8. The summed E-state index contributed by atoms with van der Waals surface area (Å²) >= 11 is 0. The highest BCUT2D eigenvalue weighted by Gasteiger charge is 2.46. The second kappa shape index (κ2) is 25.2. The van der Waals surface area contributed by atoms with Crippen molar-refractivity contribution in [3.05, 3.63) is 217 Å². The van der Waals surface area contributed by atoms with E-state index in [1.807, 2.05) is 13.8 Å². The molecule has 20 heteroatoms. The number of hydrogen-bond donors (Lipinski definition) is 14. The van der Waals surface area contributed by atoms with E-state index in [4.69, 9.17) is 13.6 Å². The van der Waals surface area contributed by atoms with Gasteiger partial charge in [-0.3, -0.25) is 14.4 Å². The first kappa shape index (κ1) is 65.7. The molecule has 0 saturated heterocycles. The zero-order valence-corrected chi connectivity index (χ0v) is 54.0. The molecule has 6 atom stereocenters. The fraction of sp³-hybridized carbons (Fsp3) is 0.228. The molecule has 14 N–H and O–H groups in total. The van der Waals surface area contributed by atoms with Crippen LogP contribution < -0.4 is 10.2 Å². The number of hydrogen-bond acceptors (Lipinski definition) is 20. The normalized spacial score (nSPS) is 19.1. The zero-order valence-electron chi connectivity index (χ0n) is 54.0. The second-order valence-electron chi connectivity index (χ2n) is 26.8. The van der Waals surface area contributed by atoms with Crippen LogP contribution in [-0.4, -0.2) is 88.7 Å². The maximum atomic E-state index is 15.6. The van der Waals surface area contributed by atoms with Gasteiger partial charge in [0.15, 0.2) is 11.6 Å². The summed E-state index contributed by atoms with van der Waals surface area (Å²) in [6.07, 6.45) is 6.48. The van der Waals surface area contributed by atoms with E-state index in [0.717, 1.165) is 30.3 Å². The molecular weight excluding hydrogens is 1270 g/mol. The van der Waals surface area contributed by atoms with Gasteiger partial charge in [-0.05, 0) is 163 Å². The minimum absolute atomic E-state index is 0.0256. The first-order valence-electron chi connectivity index (χ1n) is 32.2. The highest BCUT2D eigenvalue weighted by atomic mass is 16.5. The van der Waals surface area contributed by atoms with E-state index in [-0.39, 0.29) is 140 Å². The second-order valence-corrected chi connectivity index (χ2v) is 26.8. The van der Waals surface area contributed by atoms with Crippen LogP contribution in [0, 0.1) is 11.8 Å². The standard InChI is InChI=1S/C79H70O20/c1-36(5-7-38-25-53(46-15-10-41(80)30-57(46)85)69(75(95)48-17-12-43(82)32-59(48)87)55(26-38)70-61(89)27-40(28-62(70)90)66-29-39-8-9-45(84)34-67(39)97-66)6-14-52-76(96)72-64(92)35-63(91)71(78(72)98-77(52)49-18-13-44(83)33-60(49)88)54-23-37(2)24-56(68(54)47-16-11-42(81)31-58(47)86)74(94)51-19-20-65-50(73(51)93)21-22-79(3,4)99-65/h6,8-13,15-20,23,26-35,53-56,68-69,80-93H,5,7,14,21-22,24-25H2,1-4H3. The van der Waals surface area contributed by atoms with Crippen molar-refractivity contribution in [1.29, 1.82) is 0 Å². The number of allylic oxidation sites excluding steroid dienone is 6. The van der Waals surface area contributed by atoms with E-state index in [2.05, 4.69) is 0 Å². The number of aromatic hydroxyl groups is 14. The SMILES string of the molecule is CC(=CCc1c(-c2ccc(O)cc2O)oc2c(C3C=C(C)CC(C(=O)c4ccc5c(c4O)CCC(C)(C)O5)C3c3ccc(O)cc3O)c(O)cc(O)c2c1=O)CCC1=CC(c2c(O)cc(-c3cc4ccc(O)cc4o3)cc2O)C(C(=O)c2ccc(O)cc2O)C(c2ccc(O)cc2O)C1. The van der Waals surface area contributed by atoms with Gasteiger partial charge in [0.05, 0.1) is 16.7 Å². The molecule has 0 radical (unpaired) electrons. The van der Waals surface area contributed by atoms with Gasteiger partial charge in [-0.2, -0.15) is 0 Å². The van der Waals surface area contributed by atoms with Crippen molar-refractivity contribution < 1.29 is 94.7 Å². The summed E-state index contributed by atoms with van der Waals surface area (Å²) in [6, 6.07) is 27.7. The predicted molar refractivity (Wildman–Crippen MR) is 366 cm³/mol. The Morgan fingerprint density at radius 3 is 1.88 bits per heavy atom. The van der Waals surface area contributed by atoms with Gasteiger partial charge in [-0.1, -0.05) is 47.1 Å². The topological polar surface area (TPSA) is 370 Å². The first-order valence-corrected chi connectivity index (χ1v) is 32.2. The van der Waals surface area contributed by atoms with Crippen LogP contribution in [0.1, 0.15) is 138 Å². The molecule has 99 heavy (non-hydrogen) atoms. The molecular formula is C79H70O20. The summed E-state index contributed by atoms with van der Waals surface area (Å²) in [6.45, 7) is 7.37. The molecule has 8 aromatic carbocycles. The molecule has 20 nitrogen and oxygen atoms in total. The molecule has 10 aromatic rings. The summed E-state index contributed by atoms with van der Waals surface area (Å²) in [5.74, 6) is -13.4. The number of phenols is 14. The lowest BCUT2D eigenvalue weighted by Crippen LogP contribution is -2.33. The Hall–Kier alpha value is -11.9. The summed E-state index contributed by atoms with van der Waals surface area (Å²) in [5.41, 5.74) is 0.925. The number of ketones is 2. The van der Waals surface area contributed by atoms with Crippen molar-refractivity contribution in [1.82, 2.24) is 0 Å². The molecule has 0 bridgehead atoms. The number of rotatable bonds is 15. The molecule has 3 aliphatic rings. The van der Waals surface area contributed by atoms with E-state index >= 15 is 14.4 Å². The van der Waals surface area contributed by atoms with E-state index in [1.165, 1.54) is 78.9 Å². The fourth-order valence-corrected chi connectivity index (χ4v) is 14.8. The van der Waals surface area contributed by atoms with Crippen LogP contribution in [-0.2, 0) is 12.8 Å². The van der Waals surface area contributed by atoms with Crippen molar-refractivity contribution in [2.45, 2.75) is 102 Å². The summed E-state index contributed by atoms with van der Waals surface area (Å²) in [4.78, 5) is 46.1. The quantitative estimate of drug-likeness (QED) is 0.0335. The highest BCUT2D eigenvalue weighted by Crippen LogP contribution is 2.57. The van der Waals surface area contributed by atoms with E-state index in [9.17, 15) is 71.5 Å². The minimum Gasteiger partial charge on any atom is -0.508 e. The van der Waals surface area contributed by atoms with Crippen LogP contribution in [0.4, 0.5) is 0 Å². The molecule has 506 valence electrons. The van der Waals surface area contributed by atoms with E-state index < -0.39 is 104 Å². The Morgan fingerprint density at radius 1 is 0.586 bits per heavy atom. The third kappa shape index (κ3) is 12.2. The summed E-state index contributed by atoms with van der Waals surface area (Å²) in [5, 5.41) is 159. The monoisotopic (exact) mass is 1340 g/mol. The molecule has 0 spiro atoms. The molecule has 2 aliphatic carbocycles. The fourth-order valence-electron chi connectivity index (χ4n) is 14.8. The van der Waals surface area contributed by atoms with Gasteiger partial charge >= 0.3 is 0 Å². The number of fused-ring (bicyclic) bond motifs is 3. The van der Waals surface area contributed by atoms with E-state index in [0.29, 0.717) is 51.8 Å². The van der Waals surface area contributed by atoms with Crippen molar-refractivity contribution in [2.75, 3.05) is 0 Å². The van der Waals surface area contributed by atoms with Crippen LogP contribution in [0.3, 0.4) is 0 Å². The molecule has 3 heterocycles. The lowest BCUT2D eigenvalue weighted by Gasteiger charge is -2.38. The molecule has 2 aromatic heterocycles. The number of furan rings is 1. The van der Waals surface area contributed by atoms with Gasteiger partial charge in [-0.15, -0.1) is 0 Å². The molecule has 13 rings (SSSR count). The average molecular weight is 1340 g/mol. The van der Waals surface area contributed by atoms with Gasteiger partial charge in [0, 0.05) is 105 Å². The van der Waals surface area contributed by atoms with Gasteiger partial charge in [0.2, 0.25) is 5.43 Å². The summed E-state index contributed by atoms with van der Waals surface area (Å²) < 4.78 is 19.0. The molecule has 0 fully saturated rings. The number of ether oxygens (including phenoxy) is 1. The zero-order chi connectivity index (χ0) is 70.4. The van der Waals surface area contributed by atoms with Crippen LogP contribution in [0.25, 0.3) is 44.6 Å².